The van der Waals surface area contributed by atoms with Gasteiger partial charge in [0.25, 0.3) is 0 Å². The third-order valence-electron chi connectivity index (χ3n) is 4.31. The Morgan fingerprint density at radius 3 is 2.85 bits per heavy atom. The van der Waals surface area contributed by atoms with E-state index in [4.69, 9.17) is 0 Å². The molecule has 1 aromatic heterocycles. The van der Waals surface area contributed by atoms with Crippen LogP contribution in [-0.4, -0.2) is 24.6 Å². The first kappa shape index (κ1) is 15.3. The van der Waals surface area contributed by atoms with Crippen molar-refractivity contribution in [3.05, 3.63) is 23.9 Å². The van der Waals surface area contributed by atoms with Crippen molar-refractivity contribution in [1.82, 2.24) is 10.3 Å². The highest BCUT2D eigenvalue weighted by Gasteiger charge is 2.16. The Kier molecular flexibility index (Phi) is 6.31. The molecule has 2 heterocycles. The van der Waals surface area contributed by atoms with Gasteiger partial charge < -0.3 is 10.2 Å². The van der Waals surface area contributed by atoms with Crippen LogP contribution < -0.4 is 10.2 Å². The molecule has 2 rings (SSSR count). The van der Waals surface area contributed by atoms with Gasteiger partial charge in [-0.15, -0.1) is 0 Å². The van der Waals surface area contributed by atoms with Crippen molar-refractivity contribution in [2.45, 2.75) is 52.5 Å². The fourth-order valence-electron chi connectivity index (χ4n) is 2.92. The molecule has 0 aliphatic carbocycles. The van der Waals surface area contributed by atoms with Gasteiger partial charge in [-0.3, -0.25) is 0 Å². The molecule has 1 aromatic rings. The summed E-state index contributed by atoms with van der Waals surface area (Å²) in [4.78, 5) is 7.12. The largest absolute Gasteiger partial charge is 0.357 e. The monoisotopic (exact) mass is 275 g/mol. The van der Waals surface area contributed by atoms with Crippen LogP contribution in [-0.2, 0) is 6.54 Å². The van der Waals surface area contributed by atoms with Crippen molar-refractivity contribution in [1.29, 1.82) is 0 Å². The first-order valence-electron chi connectivity index (χ1n) is 8.24. The normalized spacial score (nSPS) is 19.9. The van der Waals surface area contributed by atoms with Gasteiger partial charge >= 0.3 is 0 Å². The second-order valence-corrected chi connectivity index (χ2v) is 5.89. The van der Waals surface area contributed by atoms with Gasteiger partial charge in [0.05, 0.1) is 0 Å². The lowest BCUT2D eigenvalue weighted by Gasteiger charge is -2.21. The molecule has 1 aliphatic heterocycles. The van der Waals surface area contributed by atoms with Gasteiger partial charge in [0.2, 0.25) is 0 Å². The number of anilines is 1. The molecule has 1 aliphatic rings. The summed E-state index contributed by atoms with van der Waals surface area (Å²) in [7, 11) is 0. The summed E-state index contributed by atoms with van der Waals surface area (Å²) in [5, 5.41) is 3.42. The lowest BCUT2D eigenvalue weighted by molar-refractivity contribution is 0.459. The number of aromatic nitrogens is 1. The molecule has 0 aromatic carbocycles. The van der Waals surface area contributed by atoms with E-state index in [-0.39, 0.29) is 0 Å². The van der Waals surface area contributed by atoms with Crippen molar-refractivity contribution < 1.29 is 0 Å². The molecule has 20 heavy (non-hydrogen) atoms. The second kappa shape index (κ2) is 8.25. The van der Waals surface area contributed by atoms with Crippen LogP contribution in [0.4, 0.5) is 5.82 Å². The summed E-state index contributed by atoms with van der Waals surface area (Å²) in [6, 6.07) is 4.41. The second-order valence-electron chi connectivity index (χ2n) is 5.89. The highest BCUT2D eigenvalue weighted by Crippen LogP contribution is 2.23. The summed E-state index contributed by atoms with van der Waals surface area (Å²) in [5.74, 6) is 2.07. The smallest absolute Gasteiger partial charge is 0.128 e. The molecule has 3 nitrogen and oxygen atoms in total. The molecule has 1 N–H and O–H groups in total. The molecule has 0 spiro atoms. The van der Waals surface area contributed by atoms with E-state index in [1.54, 1.807) is 0 Å². The van der Waals surface area contributed by atoms with E-state index in [0.29, 0.717) is 0 Å². The molecule has 0 amide bonds. The maximum Gasteiger partial charge on any atom is 0.128 e. The van der Waals surface area contributed by atoms with Gasteiger partial charge in [-0.1, -0.05) is 26.3 Å². The van der Waals surface area contributed by atoms with Gasteiger partial charge in [0.15, 0.2) is 0 Å². The molecule has 0 bridgehead atoms. The van der Waals surface area contributed by atoms with Crippen LogP contribution in [0.25, 0.3) is 0 Å². The van der Waals surface area contributed by atoms with Crippen molar-refractivity contribution in [3.63, 3.8) is 0 Å². The maximum absolute atomic E-state index is 4.66. The fourth-order valence-corrected chi connectivity index (χ4v) is 2.92. The Morgan fingerprint density at radius 1 is 1.25 bits per heavy atom. The Balaban J connectivity index is 1.88. The summed E-state index contributed by atoms with van der Waals surface area (Å²) in [6.07, 6.45) is 8.53. The molecular weight excluding hydrogens is 246 g/mol. The van der Waals surface area contributed by atoms with E-state index in [1.165, 1.54) is 44.2 Å². The number of nitrogens with one attached hydrogen (secondary N) is 1. The first-order valence-corrected chi connectivity index (χ1v) is 8.24. The number of hydrogen-bond acceptors (Lipinski definition) is 3. The topological polar surface area (TPSA) is 28.2 Å². The molecule has 3 heteroatoms. The highest BCUT2D eigenvalue weighted by molar-refractivity contribution is 5.39. The van der Waals surface area contributed by atoms with Crippen molar-refractivity contribution in [2.75, 3.05) is 24.5 Å². The Labute approximate surface area is 123 Å². The minimum Gasteiger partial charge on any atom is -0.357 e. The van der Waals surface area contributed by atoms with Gasteiger partial charge in [0.1, 0.15) is 5.82 Å². The minimum atomic E-state index is 0.914. The van der Waals surface area contributed by atoms with E-state index in [0.717, 1.165) is 31.4 Å². The molecule has 0 radical (unpaired) electrons. The maximum atomic E-state index is 4.66. The van der Waals surface area contributed by atoms with Crippen LogP contribution in [0.3, 0.4) is 0 Å². The SMILES string of the molecule is CCCNCc1ccc(N2CCCC(CC)CC2)nc1. The molecule has 0 saturated carbocycles. The minimum absolute atomic E-state index is 0.914. The molecular formula is C17H29N3. The Hall–Kier alpha value is -1.09. The predicted molar refractivity (Wildman–Crippen MR) is 86.1 cm³/mol. The zero-order valence-corrected chi connectivity index (χ0v) is 13.1. The van der Waals surface area contributed by atoms with Gasteiger partial charge in [-0.05, 0) is 49.8 Å². The zero-order valence-electron chi connectivity index (χ0n) is 13.1. The average molecular weight is 275 g/mol. The highest BCUT2D eigenvalue weighted by atomic mass is 15.2. The number of nitrogens with zero attached hydrogens (tertiary/aromatic N) is 2. The lowest BCUT2D eigenvalue weighted by Crippen LogP contribution is -2.25. The molecule has 1 fully saturated rings. The summed E-state index contributed by atoms with van der Waals surface area (Å²) in [5.41, 5.74) is 1.28. The molecule has 112 valence electrons. The van der Waals surface area contributed by atoms with Gasteiger partial charge in [-0.25, -0.2) is 4.98 Å². The zero-order chi connectivity index (χ0) is 14.2. The predicted octanol–water partition coefficient (Wildman–Crippen LogP) is 3.60. The number of hydrogen-bond donors (Lipinski definition) is 1. The molecule has 1 saturated heterocycles. The van der Waals surface area contributed by atoms with Crippen molar-refractivity contribution in [3.8, 4) is 0 Å². The fraction of sp³-hybridized carbons (Fsp3) is 0.706. The van der Waals surface area contributed by atoms with Crippen LogP contribution in [0.1, 0.15) is 51.5 Å². The van der Waals surface area contributed by atoms with E-state index in [9.17, 15) is 0 Å². The van der Waals surface area contributed by atoms with E-state index in [1.807, 2.05) is 6.20 Å². The third-order valence-corrected chi connectivity index (χ3v) is 4.31. The van der Waals surface area contributed by atoms with Gasteiger partial charge in [0, 0.05) is 25.8 Å². The molecule has 1 atom stereocenters. The number of pyridine rings is 1. The quantitative estimate of drug-likeness (QED) is 0.804. The van der Waals surface area contributed by atoms with E-state index in [2.05, 4.69) is 41.2 Å². The third kappa shape index (κ3) is 4.48. The van der Waals surface area contributed by atoms with Crippen LogP contribution in [0, 0.1) is 5.92 Å². The Bertz CT molecular complexity index is 374. The average Bonchev–Trinajstić information content (AvgIpc) is 2.74. The van der Waals surface area contributed by atoms with Crippen LogP contribution in [0.2, 0.25) is 0 Å². The number of rotatable bonds is 6. The summed E-state index contributed by atoms with van der Waals surface area (Å²) >= 11 is 0. The van der Waals surface area contributed by atoms with Gasteiger partial charge in [-0.2, -0.15) is 0 Å². The summed E-state index contributed by atoms with van der Waals surface area (Å²) in [6.45, 7) is 8.84. The Morgan fingerprint density at radius 2 is 2.15 bits per heavy atom. The first-order chi connectivity index (χ1) is 9.83. The van der Waals surface area contributed by atoms with Crippen LogP contribution >= 0.6 is 0 Å². The molecule has 1 unspecified atom stereocenters. The standard InChI is InChI=1S/C17H29N3/c1-3-10-18-13-16-7-8-17(19-14-16)20-11-5-6-15(4-2)9-12-20/h7-8,14-15,18H,3-6,9-13H2,1-2H3. The van der Waals surface area contributed by atoms with E-state index < -0.39 is 0 Å². The summed E-state index contributed by atoms with van der Waals surface area (Å²) < 4.78 is 0. The van der Waals surface area contributed by atoms with Crippen molar-refractivity contribution in [2.24, 2.45) is 5.92 Å². The van der Waals surface area contributed by atoms with E-state index >= 15 is 0 Å². The van der Waals surface area contributed by atoms with Crippen LogP contribution in [0.15, 0.2) is 18.3 Å². The lowest BCUT2D eigenvalue weighted by atomic mass is 9.98. The van der Waals surface area contributed by atoms with Crippen molar-refractivity contribution >= 4 is 5.82 Å². The van der Waals surface area contributed by atoms with Crippen LogP contribution in [0.5, 0.6) is 0 Å².